The molecule has 44 heavy (non-hydrogen) atoms. The maximum atomic E-state index is 12.6. The van der Waals surface area contributed by atoms with Crippen LogP contribution < -0.4 is 5.32 Å². The number of amides is 1. The van der Waals surface area contributed by atoms with Crippen molar-refractivity contribution in [1.29, 1.82) is 0 Å². The van der Waals surface area contributed by atoms with Gasteiger partial charge in [-0.05, 0) is 41.0 Å². The highest BCUT2D eigenvalue weighted by Gasteiger charge is 2.39. The van der Waals surface area contributed by atoms with Gasteiger partial charge in [0.15, 0.2) is 6.29 Å². The van der Waals surface area contributed by atoms with Crippen LogP contribution in [0.5, 0.6) is 0 Å². The Morgan fingerprint density at radius 1 is 0.750 bits per heavy atom. The summed E-state index contributed by atoms with van der Waals surface area (Å²) in [5, 5.41) is 12.5. The molecule has 6 rings (SSSR count). The van der Waals surface area contributed by atoms with Crippen LogP contribution in [0.2, 0.25) is 0 Å². The highest BCUT2D eigenvalue weighted by Crippen LogP contribution is 2.42. The van der Waals surface area contributed by atoms with Crippen LogP contribution in [0.3, 0.4) is 0 Å². The molecule has 0 unspecified atom stereocenters. The molecule has 0 radical (unpaired) electrons. The average molecular weight is 592 g/mol. The summed E-state index contributed by atoms with van der Waals surface area (Å²) in [6.45, 7) is 8.08. The van der Waals surface area contributed by atoms with E-state index in [2.05, 4.69) is 64.5 Å². The Labute approximate surface area is 260 Å². The zero-order valence-corrected chi connectivity index (χ0v) is 25.2. The number of aliphatic hydroxyl groups excluding tert-OH is 1. The van der Waals surface area contributed by atoms with E-state index in [0.29, 0.717) is 11.3 Å². The van der Waals surface area contributed by atoms with E-state index in [4.69, 9.17) is 9.47 Å². The predicted molar refractivity (Wildman–Crippen MR) is 172 cm³/mol. The molecule has 0 aromatic heterocycles. The summed E-state index contributed by atoms with van der Waals surface area (Å²) in [5.41, 5.74) is 5.54. The van der Waals surface area contributed by atoms with Gasteiger partial charge >= 0.3 is 0 Å². The minimum Gasteiger partial charge on any atom is -0.392 e. The van der Waals surface area contributed by atoms with Crippen LogP contribution in [-0.2, 0) is 22.6 Å². The quantitative estimate of drug-likeness (QED) is 0.247. The van der Waals surface area contributed by atoms with Crippen molar-refractivity contribution in [2.75, 3.05) is 38.0 Å². The van der Waals surface area contributed by atoms with E-state index in [1.807, 2.05) is 54.6 Å². The van der Waals surface area contributed by atoms with E-state index in [1.54, 1.807) is 12.1 Å². The van der Waals surface area contributed by atoms with Crippen LogP contribution in [0.15, 0.2) is 109 Å². The molecule has 2 saturated heterocycles. The van der Waals surface area contributed by atoms with Crippen molar-refractivity contribution < 1.29 is 19.4 Å². The van der Waals surface area contributed by atoms with Crippen LogP contribution in [0.4, 0.5) is 5.69 Å². The van der Waals surface area contributed by atoms with Gasteiger partial charge in [-0.15, -0.1) is 0 Å². The van der Waals surface area contributed by atoms with Gasteiger partial charge in [0.25, 0.3) is 5.91 Å². The molecule has 4 atom stereocenters. The highest BCUT2D eigenvalue weighted by molar-refractivity contribution is 6.04. The third-order valence-electron chi connectivity index (χ3n) is 8.75. The smallest absolute Gasteiger partial charge is 0.255 e. The van der Waals surface area contributed by atoms with Gasteiger partial charge in [0.2, 0.25) is 0 Å². The molecule has 2 aliphatic heterocycles. The lowest BCUT2D eigenvalue weighted by Gasteiger charge is -2.44. The molecule has 228 valence electrons. The Balaban J connectivity index is 1.14. The van der Waals surface area contributed by atoms with Gasteiger partial charge in [0.05, 0.1) is 18.8 Å². The number of carbonyl (C=O) groups is 1. The van der Waals surface area contributed by atoms with Crippen molar-refractivity contribution in [3.8, 4) is 0 Å². The second-order valence-electron chi connectivity index (χ2n) is 11.8. The molecular weight excluding hydrogens is 550 g/mol. The monoisotopic (exact) mass is 591 g/mol. The van der Waals surface area contributed by atoms with Crippen molar-refractivity contribution in [2.45, 2.75) is 38.6 Å². The normalized spacial score (nSPS) is 22.9. The molecule has 0 aliphatic carbocycles. The Bertz CT molecular complexity index is 1470. The summed E-state index contributed by atoms with van der Waals surface area (Å²) in [6, 6.07) is 35.6. The molecule has 2 fully saturated rings. The molecule has 0 spiro atoms. The first-order valence-corrected chi connectivity index (χ1v) is 15.5. The molecular formula is C37H41N3O4. The SMILES string of the molecule is C[C@@H]1[C@H](CN2CCN(Cc3ccccc3)CC2)O[C@H](c2ccc(NC(=O)c3ccccc3)cc2)O[C@@H]1c1ccc(CO)cc1. The summed E-state index contributed by atoms with van der Waals surface area (Å²) in [6.07, 6.45) is -0.741. The first-order valence-electron chi connectivity index (χ1n) is 15.5. The third-order valence-corrected chi connectivity index (χ3v) is 8.75. The van der Waals surface area contributed by atoms with Gasteiger partial charge in [-0.3, -0.25) is 14.6 Å². The average Bonchev–Trinajstić information content (AvgIpc) is 3.08. The topological polar surface area (TPSA) is 74.3 Å². The number of nitrogens with zero attached hydrogens (tertiary/aromatic N) is 2. The van der Waals surface area contributed by atoms with Crippen molar-refractivity contribution in [3.05, 3.63) is 137 Å². The first kappa shape index (κ1) is 30.2. The highest BCUT2D eigenvalue weighted by atomic mass is 16.7. The summed E-state index contributed by atoms with van der Waals surface area (Å²) in [5.74, 6) is -0.0225. The summed E-state index contributed by atoms with van der Waals surface area (Å²) >= 11 is 0. The number of hydrogen-bond acceptors (Lipinski definition) is 6. The largest absolute Gasteiger partial charge is 0.392 e. The van der Waals surface area contributed by atoms with Gasteiger partial charge in [-0.1, -0.05) is 91.9 Å². The number of carbonyl (C=O) groups excluding carboxylic acids is 1. The molecule has 0 bridgehead atoms. The van der Waals surface area contributed by atoms with Gasteiger partial charge in [0.1, 0.15) is 0 Å². The fraction of sp³-hybridized carbons (Fsp3) is 0.324. The lowest BCUT2D eigenvalue weighted by atomic mass is 9.90. The molecule has 2 N–H and O–H groups in total. The van der Waals surface area contributed by atoms with E-state index < -0.39 is 6.29 Å². The molecule has 4 aromatic rings. The molecule has 4 aromatic carbocycles. The maximum absolute atomic E-state index is 12.6. The minimum atomic E-state index is -0.544. The van der Waals surface area contributed by atoms with E-state index in [-0.39, 0.29) is 30.6 Å². The van der Waals surface area contributed by atoms with Crippen LogP contribution in [0.1, 0.15) is 51.9 Å². The van der Waals surface area contributed by atoms with Gasteiger partial charge < -0.3 is 19.9 Å². The molecule has 1 amide bonds. The predicted octanol–water partition coefficient (Wildman–Crippen LogP) is 6.04. The van der Waals surface area contributed by atoms with Crippen LogP contribution in [-0.4, -0.2) is 59.6 Å². The number of piperazine rings is 1. The van der Waals surface area contributed by atoms with E-state index >= 15 is 0 Å². The summed E-state index contributed by atoms with van der Waals surface area (Å²) in [7, 11) is 0. The number of anilines is 1. The standard InChI is InChI=1S/C37H41N3O4/c1-27-34(25-40-22-20-39(21-23-40)24-28-8-4-2-5-9-28)43-37(44-35(27)30-14-12-29(26-41)13-15-30)32-16-18-33(19-17-32)38-36(42)31-10-6-3-7-11-31/h2-19,27,34-35,37,41H,20-26H2,1H3,(H,38,42)/t27-,34+,35+,37+/m1/s1. The van der Waals surface area contributed by atoms with E-state index in [9.17, 15) is 9.90 Å². The number of nitrogens with one attached hydrogen (secondary N) is 1. The number of benzene rings is 4. The second-order valence-corrected chi connectivity index (χ2v) is 11.8. The first-order chi connectivity index (χ1) is 21.6. The maximum Gasteiger partial charge on any atom is 0.255 e. The van der Waals surface area contributed by atoms with Crippen molar-refractivity contribution in [2.24, 2.45) is 5.92 Å². The minimum absolute atomic E-state index is 0.0130. The Hall–Kier alpha value is -3.85. The molecule has 7 nitrogen and oxygen atoms in total. The number of ether oxygens (including phenoxy) is 2. The zero-order valence-electron chi connectivity index (χ0n) is 25.2. The summed E-state index contributed by atoms with van der Waals surface area (Å²) < 4.78 is 13.3. The second kappa shape index (κ2) is 14.3. The van der Waals surface area contributed by atoms with E-state index in [1.165, 1.54) is 5.56 Å². The molecule has 7 heteroatoms. The third kappa shape index (κ3) is 7.44. The molecule has 2 aliphatic rings. The van der Waals surface area contributed by atoms with Crippen molar-refractivity contribution in [3.63, 3.8) is 0 Å². The summed E-state index contributed by atoms with van der Waals surface area (Å²) in [4.78, 5) is 17.7. The lowest BCUT2D eigenvalue weighted by molar-refractivity contribution is -0.276. The molecule has 0 saturated carbocycles. The fourth-order valence-corrected chi connectivity index (χ4v) is 6.07. The van der Waals surface area contributed by atoms with Gasteiger partial charge in [0, 0.05) is 62.0 Å². The van der Waals surface area contributed by atoms with E-state index in [0.717, 1.165) is 56.0 Å². The fourth-order valence-electron chi connectivity index (χ4n) is 6.07. The van der Waals surface area contributed by atoms with Gasteiger partial charge in [-0.25, -0.2) is 0 Å². The van der Waals surface area contributed by atoms with Crippen LogP contribution in [0, 0.1) is 5.92 Å². The number of rotatable bonds is 9. The van der Waals surface area contributed by atoms with Crippen LogP contribution in [0.25, 0.3) is 0 Å². The number of hydrogen-bond donors (Lipinski definition) is 2. The zero-order chi connectivity index (χ0) is 30.3. The number of aliphatic hydroxyl groups is 1. The Kier molecular flexibility index (Phi) is 9.80. The lowest BCUT2D eigenvalue weighted by Crippen LogP contribution is -2.51. The van der Waals surface area contributed by atoms with Gasteiger partial charge in [-0.2, -0.15) is 0 Å². The Morgan fingerprint density at radius 3 is 2.02 bits per heavy atom. The Morgan fingerprint density at radius 2 is 1.36 bits per heavy atom. The van der Waals surface area contributed by atoms with Crippen LogP contribution >= 0.6 is 0 Å². The van der Waals surface area contributed by atoms with Crippen molar-refractivity contribution in [1.82, 2.24) is 9.80 Å². The van der Waals surface area contributed by atoms with Crippen molar-refractivity contribution >= 4 is 11.6 Å². The molecule has 2 heterocycles.